The van der Waals surface area contributed by atoms with Crippen LogP contribution < -0.4 is 0 Å². The summed E-state index contributed by atoms with van der Waals surface area (Å²) in [5.41, 5.74) is 2.38. The number of allylic oxidation sites excluding steroid dienone is 2. The van der Waals surface area contributed by atoms with Crippen LogP contribution in [0.15, 0.2) is 29.4 Å². The van der Waals surface area contributed by atoms with Crippen LogP contribution in [0.25, 0.3) is 0 Å². The molecule has 0 atom stereocenters. The summed E-state index contributed by atoms with van der Waals surface area (Å²) in [6.07, 6.45) is 3.76. The summed E-state index contributed by atoms with van der Waals surface area (Å²) in [6.45, 7) is 14.2. The molecule has 0 aromatic rings. The zero-order valence-electron chi connectivity index (χ0n) is 8.81. The molecule has 0 aromatic heterocycles. The van der Waals surface area contributed by atoms with Gasteiger partial charge in [-0.3, -0.25) is 4.99 Å². The van der Waals surface area contributed by atoms with Gasteiger partial charge in [0.2, 0.25) is 0 Å². The standard InChI is InChI=1S/C11H19N/c1-7-10(11(4,5)6)8-12-9(2)3/h7-8H,1H2,2-6H3/b10-8+. The zero-order chi connectivity index (χ0) is 9.78. The predicted octanol–water partition coefficient (Wildman–Crippen LogP) is 3.58. The number of nitrogens with zero attached hydrogens (tertiary/aromatic N) is 1. The molecule has 0 unspecified atom stereocenters. The largest absolute Gasteiger partial charge is 0.266 e. The van der Waals surface area contributed by atoms with Crippen LogP contribution in [-0.2, 0) is 0 Å². The Bertz CT molecular complexity index is 210. The number of hydrogen-bond donors (Lipinski definition) is 0. The predicted molar refractivity (Wildman–Crippen MR) is 56.5 cm³/mol. The first-order valence-electron chi connectivity index (χ1n) is 4.22. The molecule has 0 N–H and O–H groups in total. The first kappa shape index (κ1) is 11.2. The Morgan fingerprint density at radius 3 is 2.00 bits per heavy atom. The summed E-state index contributed by atoms with van der Waals surface area (Å²) in [6, 6.07) is 0. The molecule has 0 spiro atoms. The molecule has 0 aliphatic heterocycles. The third-order valence-electron chi connectivity index (χ3n) is 1.55. The lowest BCUT2D eigenvalue weighted by molar-refractivity contribution is 0.516. The molecule has 0 fully saturated rings. The van der Waals surface area contributed by atoms with E-state index < -0.39 is 0 Å². The Morgan fingerprint density at radius 2 is 1.75 bits per heavy atom. The van der Waals surface area contributed by atoms with Gasteiger partial charge in [0, 0.05) is 11.9 Å². The minimum Gasteiger partial charge on any atom is -0.266 e. The van der Waals surface area contributed by atoms with Gasteiger partial charge in [-0.1, -0.05) is 33.4 Å². The van der Waals surface area contributed by atoms with E-state index in [-0.39, 0.29) is 5.41 Å². The normalized spacial score (nSPS) is 12.6. The highest BCUT2D eigenvalue weighted by molar-refractivity contribution is 5.79. The van der Waals surface area contributed by atoms with Crippen molar-refractivity contribution < 1.29 is 0 Å². The van der Waals surface area contributed by atoms with Gasteiger partial charge >= 0.3 is 0 Å². The molecule has 0 rings (SSSR count). The lowest BCUT2D eigenvalue weighted by atomic mass is 9.87. The van der Waals surface area contributed by atoms with Gasteiger partial charge in [-0.25, -0.2) is 0 Å². The Labute approximate surface area is 75.9 Å². The molecular formula is C11H19N. The van der Waals surface area contributed by atoms with Crippen molar-refractivity contribution >= 4 is 5.71 Å². The summed E-state index contributed by atoms with van der Waals surface area (Å²) in [7, 11) is 0. The number of hydrogen-bond acceptors (Lipinski definition) is 1. The fourth-order valence-corrected chi connectivity index (χ4v) is 0.751. The lowest BCUT2D eigenvalue weighted by Crippen LogP contribution is -2.06. The highest BCUT2D eigenvalue weighted by Crippen LogP contribution is 2.25. The van der Waals surface area contributed by atoms with Crippen molar-refractivity contribution in [3.63, 3.8) is 0 Å². The maximum Gasteiger partial charge on any atom is 0.0304 e. The van der Waals surface area contributed by atoms with E-state index in [1.54, 1.807) is 0 Å². The van der Waals surface area contributed by atoms with Gasteiger partial charge in [0.25, 0.3) is 0 Å². The summed E-state index contributed by atoms with van der Waals surface area (Å²) >= 11 is 0. The third-order valence-corrected chi connectivity index (χ3v) is 1.55. The summed E-state index contributed by atoms with van der Waals surface area (Å²) in [5, 5.41) is 0. The van der Waals surface area contributed by atoms with E-state index in [0.29, 0.717) is 0 Å². The van der Waals surface area contributed by atoms with Crippen LogP contribution in [0.4, 0.5) is 0 Å². The summed E-state index contributed by atoms with van der Waals surface area (Å²) in [4.78, 5) is 4.25. The van der Waals surface area contributed by atoms with Gasteiger partial charge in [-0.05, 0) is 24.8 Å². The van der Waals surface area contributed by atoms with Crippen molar-refractivity contribution in [1.29, 1.82) is 0 Å². The number of rotatable bonds is 2. The molecule has 0 saturated heterocycles. The smallest absolute Gasteiger partial charge is 0.0304 e. The minimum absolute atomic E-state index is 0.140. The molecule has 0 amide bonds. The van der Waals surface area contributed by atoms with Crippen LogP contribution in [-0.4, -0.2) is 5.71 Å². The second-order valence-corrected chi connectivity index (χ2v) is 4.11. The molecule has 0 saturated carbocycles. The van der Waals surface area contributed by atoms with E-state index in [1.165, 1.54) is 5.57 Å². The quantitative estimate of drug-likeness (QED) is 0.438. The van der Waals surface area contributed by atoms with Crippen LogP contribution in [0.2, 0.25) is 0 Å². The Kier molecular flexibility index (Phi) is 3.94. The van der Waals surface area contributed by atoms with Crippen LogP contribution in [0.3, 0.4) is 0 Å². The molecule has 0 aliphatic rings. The molecule has 0 aromatic carbocycles. The average Bonchev–Trinajstić information content (AvgIpc) is 1.85. The summed E-state index contributed by atoms with van der Waals surface area (Å²) in [5.74, 6) is 0. The van der Waals surface area contributed by atoms with Gasteiger partial charge in [-0.2, -0.15) is 0 Å². The van der Waals surface area contributed by atoms with Gasteiger partial charge in [0.05, 0.1) is 0 Å². The molecule has 68 valence electrons. The van der Waals surface area contributed by atoms with Crippen molar-refractivity contribution in [3.05, 3.63) is 24.4 Å². The maximum absolute atomic E-state index is 4.25. The molecule has 1 nitrogen and oxygen atoms in total. The Hall–Kier alpha value is -0.850. The van der Waals surface area contributed by atoms with Crippen molar-refractivity contribution in [1.82, 2.24) is 0 Å². The van der Waals surface area contributed by atoms with Crippen molar-refractivity contribution in [2.75, 3.05) is 0 Å². The number of aliphatic imine (C=N–C) groups is 1. The van der Waals surface area contributed by atoms with Crippen LogP contribution in [0.1, 0.15) is 34.6 Å². The fourth-order valence-electron chi connectivity index (χ4n) is 0.751. The van der Waals surface area contributed by atoms with Crippen LogP contribution in [0, 0.1) is 5.41 Å². The van der Waals surface area contributed by atoms with E-state index in [1.807, 2.05) is 26.1 Å². The fraction of sp³-hybridized carbons (Fsp3) is 0.545. The van der Waals surface area contributed by atoms with E-state index in [9.17, 15) is 0 Å². The van der Waals surface area contributed by atoms with Crippen LogP contribution >= 0.6 is 0 Å². The molecule has 0 radical (unpaired) electrons. The van der Waals surface area contributed by atoms with Crippen molar-refractivity contribution in [2.24, 2.45) is 10.4 Å². The van der Waals surface area contributed by atoms with Crippen molar-refractivity contribution in [3.8, 4) is 0 Å². The van der Waals surface area contributed by atoms with E-state index >= 15 is 0 Å². The second-order valence-electron chi connectivity index (χ2n) is 4.11. The van der Waals surface area contributed by atoms with Crippen LogP contribution in [0.5, 0.6) is 0 Å². The third kappa shape index (κ3) is 4.12. The van der Waals surface area contributed by atoms with Gasteiger partial charge in [0.15, 0.2) is 0 Å². The lowest BCUT2D eigenvalue weighted by Gasteiger charge is -2.18. The highest BCUT2D eigenvalue weighted by Gasteiger charge is 2.13. The van der Waals surface area contributed by atoms with Gasteiger partial charge in [-0.15, -0.1) is 0 Å². The Balaban J connectivity index is 4.68. The second kappa shape index (κ2) is 4.24. The Morgan fingerprint density at radius 1 is 1.25 bits per heavy atom. The summed E-state index contributed by atoms with van der Waals surface area (Å²) < 4.78 is 0. The average molecular weight is 165 g/mol. The molecule has 0 bridgehead atoms. The minimum atomic E-state index is 0.140. The van der Waals surface area contributed by atoms with E-state index in [4.69, 9.17) is 0 Å². The first-order chi connectivity index (χ1) is 5.38. The molecular weight excluding hydrogens is 146 g/mol. The highest BCUT2D eigenvalue weighted by atomic mass is 14.7. The molecule has 0 heterocycles. The molecule has 1 heteroatoms. The monoisotopic (exact) mass is 165 g/mol. The van der Waals surface area contributed by atoms with Gasteiger partial charge < -0.3 is 0 Å². The van der Waals surface area contributed by atoms with Crippen molar-refractivity contribution in [2.45, 2.75) is 34.6 Å². The SMILES string of the molecule is C=C/C(=C\N=C(C)C)C(C)(C)C. The zero-order valence-corrected chi connectivity index (χ0v) is 8.81. The van der Waals surface area contributed by atoms with E-state index in [2.05, 4.69) is 32.3 Å². The maximum atomic E-state index is 4.25. The van der Waals surface area contributed by atoms with Gasteiger partial charge in [0.1, 0.15) is 0 Å². The molecule has 12 heavy (non-hydrogen) atoms. The first-order valence-corrected chi connectivity index (χ1v) is 4.22. The molecule has 0 aliphatic carbocycles. The van der Waals surface area contributed by atoms with E-state index in [0.717, 1.165) is 5.71 Å². The topological polar surface area (TPSA) is 12.4 Å².